The molecule has 0 bridgehead atoms. The Hall–Kier alpha value is -2.30. The zero-order valence-corrected chi connectivity index (χ0v) is 15.7. The minimum atomic E-state index is -0.395. The number of rotatable bonds is 11. The van der Waals surface area contributed by atoms with Gasteiger partial charge in [0.15, 0.2) is 11.5 Å². The minimum absolute atomic E-state index is 0.395. The van der Waals surface area contributed by atoms with Gasteiger partial charge in [-0.2, -0.15) is 0 Å². The lowest BCUT2D eigenvalue weighted by Crippen LogP contribution is -2.32. The van der Waals surface area contributed by atoms with Crippen LogP contribution in [0, 0.1) is 0 Å². The van der Waals surface area contributed by atoms with Gasteiger partial charge >= 0.3 is 0 Å². The van der Waals surface area contributed by atoms with E-state index in [-0.39, 0.29) is 0 Å². The van der Waals surface area contributed by atoms with Crippen molar-refractivity contribution in [1.82, 2.24) is 4.90 Å². The van der Waals surface area contributed by atoms with E-state index in [4.69, 9.17) is 9.47 Å². The maximum absolute atomic E-state index is 10.4. The number of allylic oxidation sites excluding steroid dienone is 1. The van der Waals surface area contributed by atoms with Crippen molar-refractivity contribution in [2.24, 2.45) is 0 Å². The van der Waals surface area contributed by atoms with Gasteiger partial charge in [0.1, 0.15) is 0 Å². The van der Waals surface area contributed by atoms with E-state index >= 15 is 0 Å². The zero-order chi connectivity index (χ0) is 18.8. The molecular weight excluding hydrogens is 326 g/mol. The number of methoxy groups -OCH3 is 2. The van der Waals surface area contributed by atoms with Crippen molar-refractivity contribution < 1.29 is 14.6 Å². The van der Waals surface area contributed by atoms with Gasteiger partial charge in [-0.05, 0) is 24.5 Å². The Labute approximate surface area is 156 Å². The number of para-hydroxylation sites is 1. The molecule has 0 heterocycles. The second-order valence-corrected chi connectivity index (χ2v) is 6.33. The van der Waals surface area contributed by atoms with Crippen LogP contribution in [0.3, 0.4) is 0 Å². The van der Waals surface area contributed by atoms with Gasteiger partial charge in [0.2, 0.25) is 0 Å². The first kappa shape index (κ1) is 20.0. The lowest BCUT2D eigenvalue weighted by molar-refractivity contribution is 0.0978. The normalized spacial score (nSPS) is 12.0. The molecule has 0 spiro atoms. The van der Waals surface area contributed by atoms with E-state index in [2.05, 4.69) is 23.6 Å². The highest BCUT2D eigenvalue weighted by molar-refractivity contribution is 5.46. The highest BCUT2D eigenvalue weighted by Gasteiger charge is 2.16. The first-order valence-electron chi connectivity index (χ1n) is 8.93. The molecule has 0 saturated carbocycles. The molecule has 4 nitrogen and oxygen atoms in total. The van der Waals surface area contributed by atoms with Crippen molar-refractivity contribution >= 4 is 0 Å². The van der Waals surface area contributed by atoms with Crippen LogP contribution in [-0.2, 0) is 13.1 Å². The summed E-state index contributed by atoms with van der Waals surface area (Å²) in [6, 6.07) is 16.2. The van der Waals surface area contributed by atoms with E-state index in [1.807, 2.05) is 42.5 Å². The van der Waals surface area contributed by atoms with E-state index < -0.39 is 6.10 Å². The average Bonchev–Trinajstić information content (AvgIpc) is 2.66. The van der Waals surface area contributed by atoms with E-state index in [1.54, 1.807) is 14.2 Å². The van der Waals surface area contributed by atoms with Crippen molar-refractivity contribution in [3.63, 3.8) is 0 Å². The number of nitrogens with zero attached hydrogens (tertiary/aromatic N) is 1. The van der Waals surface area contributed by atoms with Gasteiger partial charge in [0, 0.05) is 25.2 Å². The zero-order valence-electron chi connectivity index (χ0n) is 15.7. The second kappa shape index (κ2) is 10.6. The number of hydrogen-bond acceptors (Lipinski definition) is 4. The summed E-state index contributed by atoms with van der Waals surface area (Å²) >= 11 is 0. The Bertz CT molecular complexity index is 672. The molecule has 0 amide bonds. The van der Waals surface area contributed by atoms with E-state index in [0.29, 0.717) is 19.5 Å². The molecule has 0 saturated heterocycles. The molecule has 2 rings (SSSR count). The van der Waals surface area contributed by atoms with Crippen molar-refractivity contribution in [3.8, 4) is 11.5 Å². The number of benzene rings is 2. The molecule has 1 atom stereocenters. The van der Waals surface area contributed by atoms with Crippen LogP contribution in [0.1, 0.15) is 24.0 Å². The quantitative estimate of drug-likeness (QED) is 0.618. The second-order valence-electron chi connectivity index (χ2n) is 6.33. The Morgan fingerprint density at radius 3 is 2.46 bits per heavy atom. The Kier molecular flexibility index (Phi) is 8.19. The lowest BCUT2D eigenvalue weighted by Gasteiger charge is -2.26. The summed E-state index contributed by atoms with van der Waals surface area (Å²) in [7, 11) is 3.30. The lowest BCUT2D eigenvalue weighted by atomic mass is 10.1. The summed E-state index contributed by atoms with van der Waals surface area (Å²) in [5.41, 5.74) is 2.25. The van der Waals surface area contributed by atoms with Crippen molar-refractivity contribution in [2.75, 3.05) is 20.8 Å². The van der Waals surface area contributed by atoms with Crippen molar-refractivity contribution in [1.29, 1.82) is 0 Å². The Morgan fingerprint density at radius 2 is 1.81 bits per heavy atom. The number of ether oxygens (including phenoxy) is 2. The molecule has 0 aliphatic heterocycles. The van der Waals surface area contributed by atoms with Crippen LogP contribution >= 0.6 is 0 Å². The highest BCUT2D eigenvalue weighted by atomic mass is 16.5. The van der Waals surface area contributed by atoms with Gasteiger partial charge < -0.3 is 14.6 Å². The molecule has 140 valence electrons. The SMILES string of the molecule is C=CCCC(O)CN(Cc1ccccc1)Cc1cccc(OC)c1OC. The van der Waals surface area contributed by atoms with Crippen LogP contribution in [0.5, 0.6) is 11.5 Å². The maximum atomic E-state index is 10.4. The Balaban J connectivity index is 2.19. The smallest absolute Gasteiger partial charge is 0.165 e. The van der Waals surface area contributed by atoms with Crippen LogP contribution in [0.4, 0.5) is 0 Å². The summed E-state index contributed by atoms with van der Waals surface area (Å²) in [5.74, 6) is 1.46. The third-order valence-electron chi connectivity index (χ3n) is 4.30. The van der Waals surface area contributed by atoms with E-state index in [1.165, 1.54) is 5.56 Å². The van der Waals surface area contributed by atoms with Crippen LogP contribution < -0.4 is 9.47 Å². The number of aliphatic hydroxyl groups excluding tert-OH is 1. The van der Waals surface area contributed by atoms with Gasteiger partial charge in [0.05, 0.1) is 20.3 Å². The number of hydrogen-bond donors (Lipinski definition) is 1. The summed E-state index contributed by atoms with van der Waals surface area (Å²) in [6.07, 6.45) is 2.97. The van der Waals surface area contributed by atoms with Gasteiger partial charge in [-0.3, -0.25) is 4.90 Å². The van der Waals surface area contributed by atoms with Gasteiger partial charge in [-0.1, -0.05) is 48.5 Å². The van der Waals surface area contributed by atoms with Gasteiger partial charge in [-0.15, -0.1) is 6.58 Å². The molecule has 0 fully saturated rings. The van der Waals surface area contributed by atoms with Crippen LogP contribution in [0.15, 0.2) is 61.2 Å². The molecule has 0 radical (unpaired) electrons. The molecule has 1 unspecified atom stereocenters. The Morgan fingerprint density at radius 1 is 1.04 bits per heavy atom. The fourth-order valence-electron chi connectivity index (χ4n) is 3.05. The molecule has 0 aromatic heterocycles. The van der Waals surface area contributed by atoms with Crippen molar-refractivity contribution in [2.45, 2.75) is 32.0 Å². The standard InChI is InChI=1S/C22H29NO3/c1-4-5-13-20(24)17-23(15-18-10-7-6-8-11-18)16-19-12-9-14-21(25-2)22(19)26-3/h4,6-12,14,20,24H,1,5,13,15-17H2,2-3H3. The molecule has 0 aliphatic carbocycles. The molecule has 0 aliphatic rings. The first-order valence-corrected chi connectivity index (χ1v) is 8.93. The predicted octanol–water partition coefficient (Wildman–Crippen LogP) is 4.03. The third-order valence-corrected chi connectivity index (χ3v) is 4.30. The maximum Gasteiger partial charge on any atom is 0.165 e. The minimum Gasteiger partial charge on any atom is -0.493 e. The first-order chi connectivity index (χ1) is 12.7. The highest BCUT2D eigenvalue weighted by Crippen LogP contribution is 2.31. The largest absolute Gasteiger partial charge is 0.493 e. The fraction of sp³-hybridized carbons (Fsp3) is 0.364. The van der Waals surface area contributed by atoms with Crippen LogP contribution in [0.2, 0.25) is 0 Å². The summed E-state index contributed by atoms with van der Waals surface area (Å²) in [6.45, 7) is 5.74. The molecule has 26 heavy (non-hydrogen) atoms. The molecule has 2 aromatic rings. The molecular formula is C22H29NO3. The third kappa shape index (κ3) is 5.90. The van der Waals surface area contributed by atoms with Crippen LogP contribution in [0.25, 0.3) is 0 Å². The summed E-state index contributed by atoms with van der Waals surface area (Å²) in [4.78, 5) is 2.24. The van der Waals surface area contributed by atoms with E-state index in [9.17, 15) is 5.11 Å². The molecule has 4 heteroatoms. The van der Waals surface area contributed by atoms with Crippen LogP contribution in [-0.4, -0.2) is 36.9 Å². The average molecular weight is 355 g/mol. The fourth-order valence-corrected chi connectivity index (χ4v) is 3.05. The molecule has 1 N–H and O–H groups in total. The summed E-state index contributed by atoms with van der Waals surface area (Å²) < 4.78 is 11.0. The summed E-state index contributed by atoms with van der Waals surface area (Å²) in [5, 5.41) is 10.4. The van der Waals surface area contributed by atoms with Gasteiger partial charge in [0.25, 0.3) is 0 Å². The number of aliphatic hydroxyl groups is 1. The topological polar surface area (TPSA) is 41.9 Å². The van der Waals surface area contributed by atoms with Crippen molar-refractivity contribution in [3.05, 3.63) is 72.3 Å². The molecule has 2 aromatic carbocycles. The van der Waals surface area contributed by atoms with E-state index in [0.717, 1.165) is 30.0 Å². The monoisotopic (exact) mass is 355 g/mol. The predicted molar refractivity (Wildman–Crippen MR) is 106 cm³/mol. The van der Waals surface area contributed by atoms with Gasteiger partial charge in [-0.25, -0.2) is 0 Å².